The number of nitrogens with one attached hydrogen (secondary N) is 1. The molecule has 2 rings (SSSR count). The summed E-state index contributed by atoms with van der Waals surface area (Å²) in [5.74, 6) is 1.26. The van der Waals surface area contributed by atoms with Crippen LogP contribution in [0.4, 0.5) is 11.4 Å². The summed E-state index contributed by atoms with van der Waals surface area (Å²) in [7, 11) is 3.19. The third kappa shape index (κ3) is 2.90. The molecule has 6 heteroatoms. The summed E-state index contributed by atoms with van der Waals surface area (Å²) < 4.78 is 10.5. The fourth-order valence-corrected chi connectivity index (χ4v) is 2.41. The molecule has 0 aliphatic rings. The highest BCUT2D eigenvalue weighted by molar-refractivity contribution is 7.09. The van der Waals surface area contributed by atoms with Gasteiger partial charge in [0.2, 0.25) is 0 Å². The first kappa shape index (κ1) is 13.5. The number of anilines is 2. The molecule has 19 heavy (non-hydrogen) atoms. The van der Waals surface area contributed by atoms with Crippen LogP contribution in [-0.4, -0.2) is 19.2 Å². The second-order valence-electron chi connectivity index (χ2n) is 4.03. The number of thiazole rings is 1. The van der Waals surface area contributed by atoms with E-state index in [0.717, 1.165) is 10.7 Å². The van der Waals surface area contributed by atoms with E-state index in [1.165, 1.54) is 0 Å². The number of methoxy groups -OCH3 is 2. The molecule has 102 valence electrons. The molecule has 0 saturated carbocycles. The van der Waals surface area contributed by atoms with Crippen LogP contribution >= 0.6 is 11.3 Å². The average Bonchev–Trinajstić information content (AvgIpc) is 2.94. The van der Waals surface area contributed by atoms with Crippen molar-refractivity contribution in [2.45, 2.75) is 13.0 Å². The van der Waals surface area contributed by atoms with E-state index in [-0.39, 0.29) is 6.04 Å². The quantitative estimate of drug-likeness (QED) is 0.824. The van der Waals surface area contributed by atoms with Crippen LogP contribution in [-0.2, 0) is 0 Å². The lowest BCUT2D eigenvalue weighted by atomic mass is 10.2. The van der Waals surface area contributed by atoms with Crippen LogP contribution in [0.15, 0.2) is 23.7 Å². The van der Waals surface area contributed by atoms with Gasteiger partial charge in [-0.1, -0.05) is 0 Å². The number of nitrogens with two attached hydrogens (primary N) is 1. The third-order valence-corrected chi connectivity index (χ3v) is 3.71. The van der Waals surface area contributed by atoms with E-state index in [0.29, 0.717) is 17.2 Å². The Morgan fingerprint density at radius 3 is 2.53 bits per heavy atom. The van der Waals surface area contributed by atoms with E-state index in [4.69, 9.17) is 15.2 Å². The van der Waals surface area contributed by atoms with Crippen molar-refractivity contribution in [3.63, 3.8) is 0 Å². The van der Waals surface area contributed by atoms with Gasteiger partial charge in [-0.3, -0.25) is 0 Å². The topological polar surface area (TPSA) is 69.4 Å². The summed E-state index contributed by atoms with van der Waals surface area (Å²) >= 11 is 1.60. The highest BCUT2D eigenvalue weighted by Gasteiger charge is 2.13. The van der Waals surface area contributed by atoms with Gasteiger partial charge in [0, 0.05) is 23.7 Å². The summed E-state index contributed by atoms with van der Waals surface area (Å²) in [6.45, 7) is 2.04. The van der Waals surface area contributed by atoms with Crippen molar-refractivity contribution >= 4 is 22.7 Å². The Morgan fingerprint density at radius 2 is 1.95 bits per heavy atom. The van der Waals surface area contributed by atoms with Gasteiger partial charge in [0.05, 0.1) is 31.6 Å². The lowest BCUT2D eigenvalue weighted by molar-refractivity contribution is 0.355. The molecule has 0 radical (unpaired) electrons. The van der Waals surface area contributed by atoms with Crippen molar-refractivity contribution in [2.75, 3.05) is 25.3 Å². The molecule has 0 fully saturated rings. The van der Waals surface area contributed by atoms with Gasteiger partial charge in [-0.2, -0.15) is 0 Å². The molecule has 1 atom stereocenters. The van der Waals surface area contributed by atoms with Gasteiger partial charge < -0.3 is 20.5 Å². The Balaban J connectivity index is 2.25. The summed E-state index contributed by atoms with van der Waals surface area (Å²) in [6.07, 6.45) is 1.79. The standard InChI is InChI=1S/C13H17N3O2S/c1-8(13-15-4-5-19-13)16-10-7-12(18-3)11(17-2)6-9(10)14/h4-8,16H,14H2,1-3H3. The zero-order valence-electron chi connectivity index (χ0n) is 11.1. The largest absolute Gasteiger partial charge is 0.493 e. The van der Waals surface area contributed by atoms with Gasteiger partial charge in [0.1, 0.15) is 5.01 Å². The molecule has 0 aliphatic heterocycles. The first-order valence-electron chi connectivity index (χ1n) is 5.83. The first-order valence-corrected chi connectivity index (χ1v) is 6.71. The minimum Gasteiger partial charge on any atom is -0.493 e. The Hall–Kier alpha value is -1.95. The number of rotatable bonds is 5. The Kier molecular flexibility index (Phi) is 4.11. The maximum Gasteiger partial charge on any atom is 0.162 e. The van der Waals surface area contributed by atoms with Crippen molar-refractivity contribution in [2.24, 2.45) is 0 Å². The maximum absolute atomic E-state index is 6.01. The van der Waals surface area contributed by atoms with E-state index in [1.807, 2.05) is 18.4 Å². The van der Waals surface area contributed by atoms with Crippen LogP contribution in [0.5, 0.6) is 11.5 Å². The molecule has 1 unspecified atom stereocenters. The van der Waals surface area contributed by atoms with Crippen LogP contribution in [0.3, 0.4) is 0 Å². The van der Waals surface area contributed by atoms with E-state index in [2.05, 4.69) is 10.3 Å². The normalized spacial score (nSPS) is 11.9. The maximum atomic E-state index is 6.01. The van der Waals surface area contributed by atoms with Crippen LogP contribution in [0.1, 0.15) is 18.0 Å². The number of nitrogen functional groups attached to an aromatic ring is 1. The number of nitrogens with zero attached hydrogens (tertiary/aromatic N) is 1. The number of benzene rings is 1. The summed E-state index contributed by atoms with van der Waals surface area (Å²) in [5, 5.41) is 6.28. The van der Waals surface area contributed by atoms with Crippen LogP contribution in [0.2, 0.25) is 0 Å². The molecule has 0 bridgehead atoms. The summed E-state index contributed by atoms with van der Waals surface area (Å²) in [6, 6.07) is 3.66. The van der Waals surface area contributed by atoms with Crippen molar-refractivity contribution in [1.82, 2.24) is 4.98 Å². The molecule has 3 N–H and O–H groups in total. The fraction of sp³-hybridized carbons (Fsp3) is 0.308. The van der Waals surface area contributed by atoms with Gasteiger partial charge in [0.25, 0.3) is 0 Å². The zero-order chi connectivity index (χ0) is 13.8. The molecular formula is C13H17N3O2S. The second kappa shape index (κ2) is 5.79. The van der Waals surface area contributed by atoms with E-state index >= 15 is 0 Å². The predicted octanol–water partition coefficient (Wildman–Crippen LogP) is 2.92. The molecule has 5 nitrogen and oxygen atoms in total. The highest BCUT2D eigenvalue weighted by Crippen LogP contribution is 2.36. The van der Waals surface area contributed by atoms with Gasteiger partial charge >= 0.3 is 0 Å². The molecule has 1 aromatic heterocycles. The molecule has 0 saturated heterocycles. The van der Waals surface area contributed by atoms with Gasteiger partial charge in [-0.25, -0.2) is 4.98 Å². The molecule has 1 aromatic carbocycles. The Labute approximate surface area is 116 Å². The monoisotopic (exact) mass is 279 g/mol. The summed E-state index contributed by atoms with van der Waals surface area (Å²) in [4.78, 5) is 4.28. The van der Waals surface area contributed by atoms with Crippen molar-refractivity contribution in [3.8, 4) is 11.5 Å². The lowest BCUT2D eigenvalue weighted by Crippen LogP contribution is -2.08. The van der Waals surface area contributed by atoms with E-state index in [1.54, 1.807) is 37.8 Å². The van der Waals surface area contributed by atoms with Crippen LogP contribution in [0, 0.1) is 0 Å². The Bertz CT molecular complexity index is 543. The number of ether oxygens (including phenoxy) is 2. The lowest BCUT2D eigenvalue weighted by Gasteiger charge is -2.17. The van der Waals surface area contributed by atoms with E-state index in [9.17, 15) is 0 Å². The van der Waals surface area contributed by atoms with Gasteiger partial charge in [-0.05, 0) is 6.92 Å². The van der Waals surface area contributed by atoms with Crippen LogP contribution < -0.4 is 20.5 Å². The van der Waals surface area contributed by atoms with Gasteiger partial charge in [0.15, 0.2) is 11.5 Å². The molecule has 2 aromatic rings. The molecular weight excluding hydrogens is 262 g/mol. The second-order valence-corrected chi connectivity index (χ2v) is 4.96. The molecule has 1 heterocycles. The number of hydrogen-bond acceptors (Lipinski definition) is 6. The highest BCUT2D eigenvalue weighted by atomic mass is 32.1. The fourth-order valence-electron chi connectivity index (χ4n) is 1.76. The molecule has 0 aliphatic carbocycles. The summed E-state index contributed by atoms with van der Waals surface area (Å²) in [5.41, 5.74) is 7.43. The average molecular weight is 279 g/mol. The van der Waals surface area contributed by atoms with Crippen molar-refractivity contribution in [1.29, 1.82) is 0 Å². The van der Waals surface area contributed by atoms with Gasteiger partial charge in [-0.15, -0.1) is 11.3 Å². The predicted molar refractivity (Wildman–Crippen MR) is 78.1 cm³/mol. The smallest absolute Gasteiger partial charge is 0.162 e. The van der Waals surface area contributed by atoms with E-state index < -0.39 is 0 Å². The van der Waals surface area contributed by atoms with Crippen molar-refractivity contribution < 1.29 is 9.47 Å². The molecule has 0 amide bonds. The third-order valence-electron chi connectivity index (χ3n) is 2.75. The minimum atomic E-state index is 0.0837. The Morgan fingerprint density at radius 1 is 1.26 bits per heavy atom. The minimum absolute atomic E-state index is 0.0837. The molecule has 0 spiro atoms. The number of hydrogen-bond donors (Lipinski definition) is 2. The zero-order valence-corrected chi connectivity index (χ0v) is 12.0. The van der Waals surface area contributed by atoms with Crippen LogP contribution in [0.25, 0.3) is 0 Å². The number of aromatic nitrogens is 1. The first-order chi connectivity index (χ1) is 9.15. The van der Waals surface area contributed by atoms with Crippen molar-refractivity contribution in [3.05, 3.63) is 28.7 Å². The SMILES string of the molecule is COc1cc(N)c(NC(C)c2nccs2)cc1OC.